The second kappa shape index (κ2) is 8.34. The summed E-state index contributed by atoms with van der Waals surface area (Å²) in [7, 11) is 0. The van der Waals surface area contributed by atoms with Crippen LogP contribution in [0.5, 0.6) is 0 Å². The van der Waals surface area contributed by atoms with E-state index in [-0.39, 0.29) is 0 Å². The molecular formula is C16H20N6S2. The molecule has 2 heterocycles. The van der Waals surface area contributed by atoms with Crippen molar-refractivity contribution in [1.82, 2.24) is 25.3 Å². The predicted molar refractivity (Wildman–Crippen MR) is 99.2 cm³/mol. The molecule has 1 fully saturated rings. The first-order chi connectivity index (χ1) is 11.7. The fourth-order valence-electron chi connectivity index (χ4n) is 2.65. The highest BCUT2D eigenvalue weighted by molar-refractivity contribution is 7.99. The van der Waals surface area contributed by atoms with Gasteiger partial charge in [-0.15, -0.1) is 0 Å². The minimum absolute atomic E-state index is 0.454. The quantitative estimate of drug-likeness (QED) is 0.488. The Hall–Kier alpha value is -1.80. The Kier molecular flexibility index (Phi) is 5.92. The maximum absolute atomic E-state index is 5.40. The summed E-state index contributed by atoms with van der Waals surface area (Å²) < 4.78 is 0. The number of anilines is 1. The topological polar surface area (TPSA) is 75.6 Å². The van der Waals surface area contributed by atoms with Crippen LogP contribution in [-0.4, -0.2) is 31.1 Å². The lowest BCUT2D eigenvalue weighted by Crippen LogP contribution is -2.39. The molecule has 0 spiro atoms. The number of nitrogens with one attached hydrogen (secondary N) is 2. The van der Waals surface area contributed by atoms with Crippen LogP contribution < -0.4 is 10.6 Å². The van der Waals surface area contributed by atoms with Gasteiger partial charge in [-0.3, -0.25) is 0 Å². The van der Waals surface area contributed by atoms with Crippen LogP contribution in [0.25, 0.3) is 0 Å². The molecular weight excluding hydrogens is 340 g/mol. The molecule has 0 bridgehead atoms. The van der Waals surface area contributed by atoms with Gasteiger partial charge < -0.3 is 10.6 Å². The fraction of sp³-hybridized carbons (Fsp3) is 0.438. The Bertz CT molecular complexity index is 688. The van der Waals surface area contributed by atoms with Crippen molar-refractivity contribution in [3.8, 4) is 0 Å². The largest absolute Gasteiger partial charge is 0.360 e. The predicted octanol–water partition coefficient (Wildman–Crippen LogP) is 3.35. The molecule has 3 rings (SSSR count). The molecule has 2 aromatic heterocycles. The maximum atomic E-state index is 5.40. The number of hydrogen-bond acceptors (Lipinski definition) is 6. The van der Waals surface area contributed by atoms with E-state index in [0.29, 0.717) is 22.3 Å². The van der Waals surface area contributed by atoms with E-state index in [9.17, 15) is 0 Å². The van der Waals surface area contributed by atoms with Crippen LogP contribution in [0, 0.1) is 6.92 Å². The van der Waals surface area contributed by atoms with Crippen molar-refractivity contribution in [2.24, 2.45) is 0 Å². The second-order valence-corrected chi connectivity index (χ2v) is 7.13. The first-order valence-corrected chi connectivity index (χ1v) is 9.29. The van der Waals surface area contributed by atoms with Gasteiger partial charge in [0.1, 0.15) is 5.03 Å². The number of hydrogen-bond donors (Lipinski definition) is 2. The van der Waals surface area contributed by atoms with Gasteiger partial charge in [0.15, 0.2) is 10.3 Å². The molecule has 1 aliphatic rings. The Balaban J connectivity index is 1.63. The van der Waals surface area contributed by atoms with Crippen LogP contribution in [-0.2, 0) is 0 Å². The number of rotatable bonds is 4. The maximum Gasteiger partial charge on any atom is 0.230 e. The van der Waals surface area contributed by atoms with Gasteiger partial charge in [0.2, 0.25) is 5.95 Å². The van der Waals surface area contributed by atoms with Crippen molar-refractivity contribution in [2.75, 3.05) is 5.32 Å². The highest BCUT2D eigenvalue weighted by Gasteiger charge is 2.14. The molecule has 0 atom stereocenters. The van der Waals surface area contributed by atoms with Crippen molar-refractivity contribution >= 4 is 35.0 Å². The zero-order valence-corrected chi connectivity index (χ0v) is 15.2. The molecule has 0 unspecified atom stereocenters. The zero-order chi connectivity index (χ0) is 16.8. The van der Waals surface area contributed by atoms with Gasteiger partial charge >= 0.3 is 0 Å². The Morgan fingerprint density at radius 3 is 2.67 bits per heavy atom. The smallest absolute Gasteiger partial charge is 0.230 e. The fourth-order valence-corrected chi connectivity index (χ4v) is 3.68. The molecule has 2 aromatic rings. The van der Waals surface area contributed by atoms with E-state index in [2.05, 4.69) is 30.6 Å². The van der Waals surface area contributed by atoms with Crippen LogP contribution in [0.1, 0.15) is 37.8 Å². The molecule has 24 heavy (non-hydrogen) atoms. The number of thiocarbonyl (C=S) groups is 1. The van der Waals surface area contributed by atoms with E-state index in [1.54, 1.807) is 18.5 Å². The summed E-state index contributed by atoms with van der Waals surface area (Å²) in [6.45, 7) is 1.93. The summed E-state index contributed by atoms with van der Waals surface area (Å²) in [5.41, 5.74) is 0.867. The van der Waals surface area contributed by atoms with Gasteiger partial charge in [-0.2, -0.15) is 0 Å². The van der Waals surface area contributed by atoms with Crippen LogP contribution >= 0.6 is 24.0 Å². The highest BCUT2D eigenvalue weighted by Crippen LogP contribution is 2.23. The van der Waals surface area contributed by atoms with Crippen LogP contribution in [0.15, 0.2) is 34.7 Å². The lowest BCUT2D eigenvalue weighted by molar-refractivity contribution is 0.414. The van der Waals surface area contributed by atoms with Gasteiger partial charge in [-0.05, 0) is 55.9 Å². The number of aromatic nitrogens is 4. The summed E-state index contributed by atoms with van der Waals surface area (Å²) in [6.07, 6.45) is 9.61. The Morgan fingerprint density at radius 1 is 1.17 bits per heavy atom. The lowest BCUT2D eigenvalue weighted by Gasteiger charge is -2.24. The third kappa shape index (κ3) is 5.10. The number of aryl methyl sites for hydroxylation is 1. The molecule has 0 amide bonds. The van der Waals surface area contributed by atoms with Gasteiger partial charge in [0, 0.05) is 24.1 Å². The first-order valence-electron chi connectivity index (χ1n) is 8.07. The minimum atomic E-state index is 0.454. The molecule has 6 nitrogen and oxygen atoms in total. The highest BCUT2D eigenvalue weighted by atomic mass is 32.2. The van der Waals surface area contributed by atoms with Gasteiger partial charge in [-0.1, -0.05) is 19.3 Å². The summed E-state index contributed by atoms with van der Waals surface area (Å²) in [4.78, 5) is 17.3. The van der Waals surface area contributed by atoms with Gasteiger partial charge in [0.05, 0.1) is 0 Å². The molecule has 0 aromatic carbocycles. The average molecular weight is 361 g/mol. The van der Waals surface area contributed by atoms with E-state index in [1.807, 2.05) is 13.0 Å². The summed E-state index contributed by atoms with van der Waals surface area (Å²) >= 11 is 6.80. The summed E-state index contributed by atoms with van der Waals surface area (Å²) in [5, 5.41) is 8.49. The van der Waals surface area contributed by atoms with E-state index in [0.717, 1.165) is 10.7 Å². The standard InChI is InChI=1S/C16H20N6S2/c1-11-10-13(24-16-17-8-5-9-18-16)21-14(19-11)22-15(23)20-12-6-3-2-4-7-12/h5,8-10,12H,2-4,6-7H2,1H3,(H2,19,20,21,22,23). The van der Waals surface area contributed by atoms with Gasteiger partial charge in [0.25, 0.3) is 0 Å². The molecule has 0 aliphatic heterocycles. The van der Waals surface area contributed by atoms with Crippen LogP contribution in [0.3, 0.4) is 0 Å². The lowest BCUT2D eigenvalue weighted by atomic mass is 9.96. The summed E-state index contributed by atoms with van der Waals surface area (Å²) in [5.74, 6) is 0.502. The molecule has 0 saturated heterocycles. The second-order valence-electron chi connectivity index (χ2n) is 5.74. The van der Waals surface area contributed by atoms with E-state index < -0.39 is 0 Å². The zero-order valence-electron chi connectivity index (χ0n) is 13.5. The van der Waals surface area contributed by atoms with Crippen LogP contribution in [0.4, 0.5) is 5.95 Å². The van der Waals surface area contributed by atoms with Crippen LogP contribution in [0.2, 0.25) is 0 Å². The van der Waals surface area contributed by atoms with Crippen molar-refractivity contribution in [2.45, 2.75) is 55.3 Å². The monoisotopic (exact) mass is 360 g/mol. The number of nitrogens with zero attached hydrogens (tertiary/aromatic N) is 4. The third-order valence-corrected chi connectivity index (χ3v) is 4.77. The molecule has 0 radical (unpaired) electrons. The van der Waals surface area contributed by atoms with Crippen molar-refractivity contribution < 1.29 is 0 Å². The minimum Gasteiger partial charge on any atom is -0.360 e. The molecule has 2 N–H and O–H groups in total. The Morgan fingerprint density at radius 2 is 1.92 bits per heavy atom. The van der Waals surface area contributed by atoms with E-state index in [1.165, 1.54) is 43.9 Å². The van der Waals surface area contributed by atoms with Crippen molar-refractivity contribution in [3.05, 3.63) is 30.2 Å². The SMILES string of the molecule is Cc1cc(Sc2ncccn2)nc(NC(=S)NC2CCCCC2)n1. The molecule has 126 valence electrons. The Labute approximate surface area is 151 Å². The van der Waals surface area contributed by atoms with Crippen molar-refractivity contribution in [1.29, 1.82) is 0 Å². The summed E-state index contributed by atoms with van der Waals surface area (Å²) in [6, 6.07) is 4.15. The molecule has 8 heteroatoms. The molecule has 1 saturated carbocycles. The average Bonchev–Trinajstić information content (AvgIpc) is 2.56. The van der Waals surface area contributed by atoms with Crippen molar-refractivity contribution in [3.63, 3.8) is 0 Å². The van der Waals surface area contributed by atoms with E-state index in [4.69, 9.17) is 12.2 Å². The normalized spacial score (nSPS) is 15.0. The van der Waals surface area contributed by atoms with Gasteiger partial charge in [-0.25, -0.2) is 19.9 Å². The third-order valence-electron chi connectivity index (χ3n) is 3.73. The molecule has 1 aliphatic carbocycles. The van der Waals surface area contributed by atoms with E-state index >= 15 is 0 Å². The first kappa shape index (κ1) is 17.0.